The highest BCUT2D eigenvalue weighted by molar-refractivity contribution is 5.88. The quantitative estimate of drug-likeness (QED) is 0.772. The van der Waals surface area contributed by atoms with Gasteiger partial charge in [-0.15, -0.1) is 0 Å². The fraction of sp³-hybridized carbons (Fsp3) is 0.444. The zero-order chi connectivity index (χ0) is 20.5. The van der Waals surface area contributed by atoms with Crippen LogP contribution in [0, 0.1) is 6.92 Å². The highest BCUT2D eigenvalue weighted by Crippen LogP contribution is 2.35. The molecule has 1 saturated carbocycles. The van der Waals surface area contributed by atoms with Gasteiger partial charge in [-0.1, -0.05) is 0 Å². The van der Waals surface area contributed by atoms with Crippen LogP contribution in [0.1, 0.15) is 38.2 Å². The molecule has 0 aliphatic heterocycles. The summed E-state index contributed by atoms with van der Waals surface area (Å²) in [5.74, 6) is -3.47. The molecule has 2 N–H and O–H groups in total. The number of halogens is 3. The smallest absolute Gasteiger partial charge is 0.303 e. The molecule has 3 rings (SSSR count). The summed E-state index contributed by atoms with van der Waals surface area (Å²) in [6.07, 6.45) is 0.721. The third-order valence-corrected chi connectivity index (χ3v) is 4.01. The van der Waals surface area contributed by atoms with E-state index >= 15 is 0 Å². The van der Waals surface area contributed by atoms with E-state index in [0.717, 1.165) is 0 Å². The van der Waals surface area contributed by atoms with Crippen molar-refractivity contribution in [2.45, 2.75) is 51.8 Å². The van der Waals surface area contributed by atoms with Gasteiger partial charge in [-0.05, 0) is 6.92 Å². The number of nitrogens with one attached hydrogen (secondary N) is 2. The van der Waals surface area contributed by atoms with Crippen LogP contribution in [0.5, 0.6) is 5.75 Å². The van der Waals surface area contributed by atoms with Gasteiger partial charge in [0.1, 0.15) is 23.9 Å². The number of carbonyl (C=O) groups is 1. The largest absolute Gasteiger partial charge is 0.486 e. The monoisotopic (exact) mass is 395 g/mol. The fourth-order valence-corrected chi connectivity index (χ4v) is 2.63. The van der Waals surface area contributed by atoms with Gasteiger partial charge in [0, 0.05) is 44.5 Å². The van der Waals surface area contributed by atoms with E-state index in [1.54, 1.807) is 6.92 Å². The van der Waals surface area contributed by atoms with Crippen molar-refractivity contribution in [3.05, 3.63) is 29.8 Å². The van der Waals surface area contributed by atoms with Gasteiger partial charge in [0.15, 0.2) is 5.75 Å². The summed E-state index contributed by atoms with van der Waals surface area (Å²) in [4.78, 5) is 23.0. The van der Waals surface area contributed by atoms with Gasteiger partial charge in [-0.25, -0.2) is 19.3 Å². The first kappa shape index (κ1) is 19.8. The molecular formula is C18H20F3N5O2. The molecule has 0 radical (unpaired) electrons. The number of hydrogen-bond acceptors (Lipinski definition) is 6. The van der Waals surface area contributed by atoms with Crippen molar-refractivity contribution in [2.24, 2.45) is 0 Å². The van der Waals surface area contributed by atoms with Gasteiger partial charge in [-0.2, -0.15) is 8.78 Å². The number of aryl methyl sites for hydroxylation is 1. The third-order valence-electron chi connectivity index (χ3n) is 4.01. The van der Waals surface area contributed by atoms with Gasteiger partial charge in [-0.3, -0.25) is 4.79 Å². The van der Waals surface area contributed by atoms with Crippen LogP contribution >= 0.6 is 0 Å². The molecule has 2 aromatic heterocycles. The molecule has 2 aromatic rings. The van der Waals surface area contributed by atoms with Crippen molar-refractivity contribution in [3.63, 3.8) is 0 Å². The Bertz CT molecular complexity index is 882. The van der Waals surface area contributed by atoms with Crippen molar-refractivity contribution in [3.8, 4) is 5.75 Å². The van der Waals surface area contributed by atoms with Crippen molar-refractivity contribution >= 4 is 23.2 Å². The third kappa shape index (κ3) is 4.87. The van der Waals surface area contributed by atoms with Crippen LogP contribution in [0.25, 0.3) is 0 Å². The van der Waals surface area contributed by atoms with E-state index in [0.29, 0.717) is 24.1 Å². The molecule has 0 spiro atoms. The maximum Gasteiger partial charge on any atom is 0.303 e. The Balaban J connectivity index is 1.91. The standard InChI is InChI=1S/C18H20F3N5O2/c1-9-4-16(26-17(23-9)18(3,20)21)25-13-7-15(24-10(2)27)22-8-14(13)28-12-5-11(19)6-12/h4,7-8,11-12H,5-6H2,1-3H3,(H2,22,23,24,25,26,27). The van der Waals surface area contributed by atoms with E-state index < -0.39 is 17.9 Å². The molecule has 1 aliphatic rings. The summed E-state index contributed by atoms with van der Waals surface area (Å²) in [6.45, 7) is 3.62. The van der Waals surface area contributed by atoms with Crippen molar-refractivity contribution in [1.82, 2.24) is 15.0 Å². The second-order valence-corrected chi connectivity index (χ2v) is 6.79. The lowest BCUT2D eigenvalue weighted by atomic mass is 9.94. The number of rotatable bonds is 6. The average molecular weight is 395 g/mol. The molecule has 0 saturated heterocycles. The summed E-state index contributed by atoms with van der Waals surface area (Å²) < 4.78 is 46.1. The van der Waals surface area contributed by atoms with Gasteiger partial charge >= 0.3 is 5.92 Å². The summed E-state index contributed by atoms with van der Waals surface area (Å²) in [5, 5.41) is 5.44. The first-order valence-corrected chi connectivity index (χ1v) is 8.69. The molecule has 150 valence electrons. The highest BCUT2D eigenvalue weighted by atomic mass is 19.3. The van der Waals surface area contributed by atoms with E-state index in [1.165, 1.54) is 25.3 Å². The molecule has 0 bridgehead atoms. The van der Waals surface area contributed by atoms with Gasteiger partial charge < -0.3 is 15.4 Å². The second-order valence-electron chi connectivity index (χ2n) is 6.79. The zero-order valence-corrected chi connectivity index (χ0v) is 15.6. The van der Waals surface area contributed by atoms with Crippen LogP contribution < -0.4 is 15.4 Å². The molecule has 7 nitrogen and oxygen atoms in total. The number of aromatic nitrogens is 3. The van der Waals surface area contributed by atoms with Crippen LogP contribution in [-0.2, 0) is 10.7 Å². The predicted molar refractivity (Wildman–Crippen MR) is 96.7 cm³/mol. The number of amides is 1. The van der Waals surface area contributed by atoms with E-state index in [9.17, 15) is 18.0 Å². The molecule has 10 heteroatoms. The normalized spacial score (nSPS) is 18.9. The number of anilines is 3. The number of carbonyl (C=O) groups excluding carboxylic acids is 1. The number of alkyl halides is 3. The molecule has 0 atom stereocenters. The zero-order valence-electron chi connectivity index (χ0n) is 15.6. The first-order chi connectivity index (χ1) is 13.1. The molecule has 28 heavy (non-hydrogen) atoms. The second kappa shape index (κ2) is 7.61. The number of pyridine rings is 1. The summed E-state index contributed by atoms with van der Waals surface area (Å²) in [5.41, 5.74) is 0.705. The molecule has 2 heterocycles. The van der Waals surface area contributed by atoms with Crippen LogP contribution in [0.15, 0.2) is 18.3 Å². The Hall–Kier alpha value is -2.91. The first-order valence-electron chi connectivity index (χ1n) is 8.69. The Morgan fingerprint density at radius 3 is 2.57 bits per heavy atom. The summed E-state index contributed by atoms with van der Waals surface area (Å²) in [7, 11) is 0. The predicted octanol–water partition coefficient (Wildman–Crippen LogP) is 3.87. The fourth-order valence-electron chi connectivity index (χ4n) is 2.63. The van der Waals surface area contributed by atoms with E-state index in [4.69, 9.17) is 4.74 Å². The Kier molecular flexibility index (Phi) is 5.39. The lowest BCUT2D eigenvalue weighted by Gasteiger charge is -2.30. The lowest BCUT2D eigenvalue weighted by molar-refractivity contribution is -0.114. The van der Waals surface area contributed by atoms with Crippen molar-refractivity contribution in [1.29, 1.82) is 0 Å². The summed E-state index contributed by atoms with van der Waals surface area (Å²) >= 11 is 0. The average Bonchev–Trinajstić information content (AvgIpc) is 2.53. The van der Waals surface area contributed by atoms with E-state index in [2.05, 4.69) is 25.6 Å². The molecule has 1 amide bonds. The molecule has 1 fully saturated rings. The molecular weight excluding hydrogens is 375 g/mol. The van der Waals surface area contributed by atoms with Crippen LogP contribution in [0.4, 0.5) is 30.5 Å². The highest BCUT2D eigenvalue weighted by Gasteiger charge is 2.32. The van der Waals surface area contributed by atoms with Crippen molar-refractivity contribution < 1.29 is 22.7 Å². The maximum absolute atomic E-state index is 13.6. The lowest BCUT2D eigenvalue weighted by Crippen LogP contribution is -2.35. The minimum absolute atomic E-state index is 0.130. The van der Waals surface area contributed by atoms with Crippen LogP contribution in [0.3, 0.4) is 0 Å². The molecule has 0 unspecified atom stereocenters. The van der Waals surface area contributed by atoms with E-state index in [1.807, 2.05) is 0 Å². The van der Waals surface area contributed by atoms with Crippen LogP contribution in [-0.4, -0.2) is 33.1 Å². The summed E-state index contributed by atoms with van der Waals surface area (Å²) in [6, 6.07) is 2.99. The van der Waals surface area contributed by atoms with Gasteiger partial charge in [0.05, 0.1) is 11.9 Å². The number of ether oxygens (including phenoxy) is 1. The minimum atomic E-state index is -3.20. The Morgan fingerprint density at radius 1 is 1.25 bits per heavy atom. The molecule has 1 aliphatic carbocycles. The van der Waals surface area contributed by atoms with Gasteiger partial charge in [0.25, 0.3) is 0 Å². The van der Waals surface area contributed by atoms with Gasteiger partial charge in [0.2, 0.25) is 11.7 Å². The minimum Gasteiger partial charge on any atom is -0.486 e. The number of hydrogen-bond donors (Lipinski definition) is 2. The SMILES string of the molecule is CC(=O)Nc1cc(Nc2cc(C)nc(C(C)(F)F)n2)c(OC2CC(F)C2)cn1. The molecule has 0 aromatic carbocycles. The van der Waals surface area contributed by atoms with Crippen LogP contribution in [0.2, 0.25) is 0 Å². The Labute approximate surface area is 159 Å². The topological polar surface area (TPSA) is 89.0 Å². The number of nitrogens with zero attached hydrogens (tertiary/aromatic N) is 3. The van der Waals surface area contributed by atoms with E-state index in [-0.39, 0.29) is 36.5 Å². The Morgan fingerprint density at radius 2 is 1.96 bits per heavy atom. The maximum atomic E-state index is 13.6. The van der Waals surface area contributed by atoms with Crippen molar-refractivity contribution in [2.75, 3.05) is 10.6 Å².